The number of hydrogen-bond donors (Lipinski definition) is 1. The van der Waals surface area contributed by atoms with Crippen molar-refractivity contribution < 1.29 is 9.53 Å². The Morgan fingerprint density at radius 1 is 1.16 bits per heavy atom. The molecule has 2 saturated carbocycles. The van der Waals surface area contributed by atoms with Crippen molar-refractivity contribution in [2.24, 2.45) is 0 Å². The lowest BCUT2D eigenvalue weighted by Gasteiger charge is -2.40. The highest BCUT2D eigenvalue weighted by Gasteiger charge is 2.42. The van der Waals surface area contributed by atoms with Gasteiger partial charge in [0.15, 0.2) is 0 Å². The molecule has 2 atom stereocenters. The fraction of sp³-hybridized carbons (Fsp3) is 0.933. The van der Waals surface area contributed by atoms with Gasteiger partial charge in [0.05, 0.1) is 6.04 Å². The molecule has 0 saturated heterocycles. The maximum atomic E-state index is 12.5. The molecular weight excluding hydrogens is 240 g/mol. The first kappa shape index (κ1) is 14.6. The molecule has 4 nitrogen and oxygen atoms in total. The monoisotopic (exact) mass is 268 g/mol. The summed E-state index contributed by atoms with van der Waals surface area (Å²) in [6, 6.07) is 1.14. The number of ether oxygens (including phenoxy) is 1. The summed E-state index contributed by atoms with van der Waals surface area (Å²) in [5.74, 6) is 0. The second-order valence-corrected chi connectivity index (χ2v) is 6.87. The molecule has 0 radical (unpaired) electrons. The first-order chi connectivity index (χ1) is 8.92. The van der Waals surface area contributed by atoms with E-state index in [1.807, 2.05) is 32.7 Å². The third-order valence-corrected chi connectivity index (χ3v) is 4.00. The highest BCUT2D eigenvalue weighted by atomic mass is 16.6. The van der Waals surface area contributed by atoms with Gasteiger partial charge in [0.1, 0.15) is 5.60 Å². The largest absolute Gasteiger partial charge is 0.444 e. The van der Waals surface area contributed by atoms with Gasteiger partial charge in [-0.1, -0.05) is 12.8 Å². The van der Waals surface area contributed by atoms with Gasteiger partial charge in [0.2, 0.25) is 0 Å². The Balaban J connectivity index is 2.08. The smallest absolute Gasteiger partial charge is 0.410 e. The van der Waals surface area contributed by atoms with Crippen LogP contribution in [0.5, 0.6) is 0 Å². The second kappa shape index (κ2) is 5.70. The molecule has 0 heterocycles. The zero-order valence-electron chi connectivity index (χ0n) is 12.7. The molecule has 0 unspecified atom stereocenters. The third-order valence-electron chi connectivity index (χ3n) is 4.00. The highest BCUT2D eigenvalue weighted by Crippen LogP contribution is 2.35. The molecule has 0 aromatic rings. The molecule has 0 aliphatic heterocycles. The maximum Gasteiger partial charge on any atom is 0.410 e. The number of likely N-dealkylation sites (N-methyl/N-ethyl adjacent to an activating group) is 1. The standard InChI is InChI=1S/C15H28N2O2/c1-15(2,3)19-14(18)17(11-9-10-11)13-8-6-5-7-12(13)16-4/h11-13,16H,5-10H2,1-4H3/t12-,13+/m1/s1. The Morgan fingerprint density at radius 3 is 2.32 bits per heavy atom. The number of amides is 1. The third kappa shape index (κ3) is 3.85. The Kier molecular flexibility index (Phi) is 4.39. The van der Waals surface area contributed by atoms with Crippen LogP contribution in [-0.4, -0.2) is 41.8 Å². The SMILES string of the molecule is CN[C@@H]1CCCC[C@@H]1N(C(=O)OC(C)(C)C)C1CC1. The molecule has 2 aliphatic carbocycles. The normalized spacial score (nSPS) is 28.0. The van der Waals surface area contributed by atoms with Crippen LogP contribution in [0.1, 0.15) is 59.3 Å². The van der Waals surface area contributed by atoms with Gasteiger partial charge < -0.3 is 15.0 Å². The number of carbonyl (C=O) groups is 1. The van der Waals surface area contributed by atoms with Crippen LogP contribution in [0, 0.1) is 0 Å². The van der Waals surface area contributed by atoms with E-state index in [4.69, 9.17) is 4.74 Å². The molecule has 1 amide bonds. The minimum absolute atomic E-state index is 0.123. The van der Waals surface area contributed by atoms with Crippen molar-refractivity contribution >= 4 is 6.09 Å². The average Bonchev–Trinajstić information content (AvgIpc) is 3.12. The summed E-state index contributed by atoms with van der Waals surface area (Å²) in [7, 11) is 2.00. The second-order valence-electron chi connectivity index (χ2n) is 6.87. The van der Waals surface area contributed by atoms with Gasteiger partial charge >= 0.3 is 6.09 Å². The molecule has 1 N–H and O–H groups in total. The Labute approximate surface area is 116 Å². The van der Waals surface area contributed by atoms with Crippen LogP contribution in [0.15, 0.2) is 0 Å². The van der Waals surface area contributed by atoms with Gasteiger partial charge in [0, 0.05) is 12.1 Å². The lowest BCUT2D eigenvalue weighted by atomic mass is 9.89. The van der Waals surface area contributed by atoms with E-state index >= 15 is 0 Å². The predicted molar refractivity (Wildman–Crippen MR) is 76.2 cm³/mol. The van der Waals surface area contributed by atoms with Gasteiger partial charge in [-0.05, 0) is 53.5 Å². The molecule has 4 heteroatoms. The molecule has 0 bridgehead atoms. The van der Waals surface area contributed by atoms with Crippen molar-refractivity contribution in [3.8, 4) is 0 Å². The van der Waals surface area contributed by atoms with E-state index in [1.165, 1.54) is 12.8 Å². The van der Waals surface area contributed by atoms with Crippen molar-refractivity contribution in [3.63, 3.8) is 0 Å². The number of carbonyl (C=O) groups excluding carboxylic acids is 1. The fourth-order valence-electron chi connectivity index (χ4n) is 3.00. The fourth-order valence-corrected chi connectivity index (χ4v) is 3.00. The first-order valence-electron chi connectivity index (χ1n) is 7.61. The highest BCUT2D eigenvalue weighted by molar-refractivity contribution is 5.69. The van der Waals surface area contributed by atoms with Crippen molar-refractivity contribution in [3.05, 3.63) is 0 Å². The summed E-state index contributed by atoms with van der Waals surface area (Å²) in [5.41, 5.74) is -0.409. The van der Waals surface area contributed by atoms with E-state index in [1.54, 1.807) is 0 Å². The molecule has 2 fully saturated rings. The minimum atomic E-state index is -0.409. The van der Waals surface area contributed by atoms with Gasteiger partial charge in [-0.15, -0.1) is 0 Å². The molecule has 0 aromatic carbocycles. The van der Waals surface area contributed by atoms with Crippen LogP contribution in [0.25, 0.3) is 0 Å². The van der Waals surface area contributed by atoms with Gasteiger partial charge in [0.25, 0.3) is 0 Å². The summed E-state index contributed by atoms with van der Waals surface area (Å²) in [5, 5.41) is 3.39. The number of nitrogens with one attached hydrogen (secondary N) is 1. The first-order valence-corrected chi connectivity index (χ1v) is 7.61. The van der Waals surface area contributed by atoms with Crippen molar-refractivity contribution in [2.75, 3.05) is 7.05 Å². The number of nitrogens with zero attached hydrogens (tertiary/aromatic N) is 1. The van der Waals surface area contributed by atoms with Crippen molar-refractivity contribution in [1.82, 2.24) is 10.2 Å². The van der Waals surface area contributed by atoms with E-state index < -0.39 is 5.60 Å². The summed E-state index contributed by atoms with van der Waals surface area (Å²) >= 11 is 0. The van der Waals surface area contributed by atoms with E-state index in [0.29, 0.717) is 18.1 Å². The molecule has 0 aromatic heterocycles. The number of rotatable bonds is 3. The molecule has 110 valence electrons. The molecular formula is C15H28N2O2. The quantitative estimate of drug-likeness (QED) is 0.855. The van der Waals surface area contributed by atoms with Crippen LogP contribution in [0.2, 0.25) is 0 Å². The molecule has 2 aliphatic rings. The molecule has 19 heavy (non-hydrogen) atoms. The predicted octanol–water partition coefficient (Wildman–Crippen LogP) is 2.92. The Hall–Kier alpha value is -0.770. The summed E-state index contributed by atoms with van der Waals surface area (Å²) in [6.07, 6.45) is 6.87. The van der Waals surface area contributed by atoms with E-state index in [2.05, 4.69) is 5.32 Å². The zero-order valence-corrected chi connectivity index (χ0v) is 12.7. The molecule has 2 rings (SSSR count). The lowest BCUT2D eigenvalue weighted by molar-refractivity contribution is 0.00563. The van der Waals surface area contributed by atoms with Crippen molar-refractivity contribution in [2.45, 2.75) is 83.0 Å². The van der Waals surface area contributed by atoms with E-state index in [-0.39, 0.29) is 6.09 Å². The summed E-state index contributed by atoms with van der Waals surface area (Å²) in [4.78, 5) is 14.5. The Bertz CT molecular complexity index is 321. The van der Waals surface area contributed by atoms with Crippen LogP contribution >= 0.6 is 0 Å². The topological polar surface area (TPSA) is 41.6 Å². The van der Waals surface area contributed by atoms with Gasteiger partial charge in [-0.2, -0.15) is 0 Å². The zero-order chi connectivity index (χ0) is 14.0. The van der Waals surface area contributed by atoms with Crippen LogP contribution in [0.4, 0.5) is 4.79 Å². The summed E-state index contributed by atoms with van der Waals surface area (Å²) < 4.78 is 5.61. The Morgan fingerprint density at radius 2 is 1.79 bits per heavy atom. The van der Waals surface area contributed by atoms with Crippen LogP contribution in [-0.2, 0) is 4.74 Å². The van der Waals surface area contributed by atoms with Gasteiger partial charge in [-0.3, -0.25) is 0 Å². The van der Waals surface area contributed by atoms with Crippen LogP contribution in [0.3, 0.4) is 0 Å². The lowest BCUT2D eigenvalue weighted by Crippen LogP contribution is -2.54. The number of hydrogen-bond acceptors (Lipinski definition) is 3. The maximum absolute atomic E-state index is 12.5. The minimum Gasteiger partial charge on any atom is -0.444 e. The molecule has 0 spiro atoms. The van der Waals surface area contributed by atoms with Crippen molar-refractivity contribution in [1.29, 1.82) is 0 Å². The summed E-state index contributed by atoms with van der Waals surface area (Å²) in [6.45, 7) is 5.81. The van der Waals surface area contributed by atoms with Crippen LogP contribution < -0.4 is 5.32 Å². The van der Waals surface area contributed by atoms with Gasteiger partial charge in [-0.25, -0.2) is 4.79 Å². The van der Waals surface area contributed by atoms with E-state index in [0.717, 1.165) is 25.7 Å². The van der Waals surface area contributed by atoms with E-state index in [9.17, 15) is 4.79 Å². The average molecular weight is 268 g/mol.